The lowest BCUT2D eigenvalue weighted by atomic mass is 9.99. The van der Waals surface area contributed by atoms with Gasteiger partial charge in [0.25, 0.3) is 0 Å². The van der Waals surface area contributed by atoms with Crippen molar-refractivity contribution in [1.29, 1.82) is 0 Å². The summed E-state index contributed by atoms with van der Waals surface area (Å²) in [5, 5.41) is 12.7. The smallest absolute Gasteiger partial charge is 0.374 e. The molecule has 1 aromatic carbocycles. The van der Waals surface area contributed by atoms with E-state index in [4.69, 9.17) is 19.1 Å². The molecule has 0 amide bonds. The lowest BCUT2D eigenvalue weighted by molar-refractivity contribution is 0.0652. The molecule has 106 valence electrons. The Balaban J connectivity index is 2.61. The van der Waals surface area contributed by atoms with E-state index in [-0.39, 0.29) is 5.76 Å². The number of aromatic nitrogens is 1. The van der Waals surface area contributed by atoms with Gasteiger partial charge in [-0.25, -0.2) is 4.79 Å². The van der Waals surface area contributed by atoms with Crippen LogP contribution in [0.25, 0.3) is 11.3 Å². The maximum Gasteiger partial charge on any atom is 0.374 e. The van der Waals surface area contributed by atoms with Crippen LogP contribution in [-0.4, -0.2) is 30.5 Å². The normalized spacial score (nSPS) is 10.4. The lowest BCUT2D eigenvalue weighted by Crippen LogP contribution is -1.97. The Labute approximate surface area is 115 Å². The van der Waals surface area contributed by atoms with Crippen LogP contribution in [0.4, 0.5) is 0 Å². The van der Waals surface area contributed by atoms with Gasteiger partial charge in [-0.05, 0) is 31.0 Å². The Bertz CT molecular complexity index is 660. The summed E-state index contributed by atoms with van der Waals surface area (Å²) < 4.78 is 15.4. The molecule has 6 nitrogen and oxygen atoms in total. The molecule has 0 aliphatic carbocycles. The molecule has 0 saturated heterocycles. The molecule has 20 heavy (non-hydrogen) atoms. The van der Waals surface area contributed by atoms with E-state index in [0.29, 0.717) is 17.2 Å². The van der Waals surface area contributed by atoms with Gasteiger partial charge < -0.3 is 19.1 Å². The molecule has 0 radical (unpaired) electrons. The zero-order valence-corrected chi connectivity index (χ0v) is 11.7. The molecule has 6 heteroatoms. The molecule has 2 rings (SSSR count). The lowest BCUT2D eigenvalue weighted by Gasteiger charge is -2.15. The minimum Gasteiger partial charge on any atom is -0.493 e. The standard InChI is InChI=1S/C14H15NO5/c1-7-8(2)13(19-4)11(18-3)5-9(7)10-6-12(14(16)17)20-15-10/h5-6H,1-4H3,(H,16,17). The first kappa shape index (κ1) is 13.9. The predicted molar refractivity (Wildman–Crippen MR) is 71.5 cm³/mol. The summed E-state index contributed by atoms with van der Waals surface area (Å²) in [6.45, 7) is 3.81. The molecule has 0 bridgehead atoms. The van der Waals surface area contributed by atoms with Gasteiger partial charge in [-0.2, -0.15) is 0 Å². The van der Waals surface area contributed by atoms with Crippen molar-refractivity contribution < 1.29 is 23.9 Å². The molecule has 0 unspecified atom stereocenters. The summed E-state index contributed by atoms with van der Waals surface area (Å²) in [4.78, 5) is 10.8. The number of rotatable bonds is 4. The van der Waals surface area contributed by atoms with Gasteiger partial charge in [-0.1, -0.05) is 5.16 Å². The van der Waals surface area contributed by atoms with Crippen LogP contribution in [0.15, 0.2) is 16.7 Å². The van der Waals surface area contributed by atoms with E-state index in [9.17, 15) is 4.79 Å². The van der Waals surface area contributed by atoms with E-state index < -0.39 is 5.97 Å². The fourth-order valence-electron chi connectivity index (χ4n) is 2.04. The van der Waals surface area contributed by atoms with E-state index in [1.807, 2.05) is 13.8 Å². The van der Waals surface area contributed by atoms with Crippen LogP contribution in [0.5, 0.6) is 11.5 Å². The number of nitrogens with zero attached hydrogens (tertiary/aromatic N) is 1. The third-order valence-electron chi connectivity index (χ3n) is 3.23. The topological polar surface area (TPSA) is 81.8 Å². The summed E-state index contributed by atoms with van der Waals surface area (Å²) in [6, 6.07) is 3.14. The third-order valence-corrected chi connectivity index (χ3v) is 3.23. The highest BCUT2D eigenvalue weighted by atomic mass is 16.5. The Morgan fingerprint density at radius 1 is 1.20 bits per heavy atom. The average Bonchev–Trinajstić information content (AvgIpc) is 2.91. The Morgan fingerprint density at radius 2 is 1.90 bits per heavy atom. The molecule has 0 aliphatic rings. The highest BCUT2D eigenvalue weighted by Gasteiger charge is 2.19. The van der Waals surface area contributed by atoms with Crippen molar-refractivity contribution >= 4 is 5.97 Å². The van der Waals surface area contributed by atoms with Gasteiger partial charge in [0.15, 0.2) is 11.5 Å². The van der Waals surface area contributed by atoms with Crippen LogP contribution in [-0.2, 0) is 0 Å². The number of hydrogen-bond acceptors (Lipinski definition) is 5. The highest BCUT2D eigenvalue weighted by Crippen LogP contribution is 2.38. The quantitative estimate of drug-likeness (QED) is 0.925. The number of carboxylic acids is 1. The number of methoxy groups -OCH3 is 2. The number of hydrogen-bond donors (Lipinski definition) is 1. The minimum absolute atomic E-state index is 0.202. The van der Waals surface area contributed by atoms with Crippen molar-refractivity contribution in [3.05, 3.63) is 29.0 Å². The van der Waals surface area contributed by atoms with E-state index in [1.54, 1.807) is 20.3 Å². The van der Waals surface area contributed by atoms with Gasteiger partial charge in [-0.15, -0.1) is 0 Å². The molecule has 0 saturated carbocycles. The molecule has 2 aromatic rings. The zero-order valence-electron chi connectivity index (χ0n) is 11.7. The van der Waals surface area contributed by atoms with E-state index in [2.05, 4.69) is 5.16 Å². The molecule has 1 heterocycles. The van der Waals surface area contributed by atoms with Crippen LogP contribution < -0.4 is 9.47 Å². The average molecular weight is 277 g/mol. The number of carboxylic acid groups (broad SMARTS) is 1. The van der Waals surface area contributed by atoms with Crippen molar-refractivity contribution in [3.63, 3.8) is 0 Å². The fraction of sp³-hybridized carbons (Fsp3) is 0.286. The predicted octanol–water partition coefficient (Wildman–Crippen LogP) is 2.67. The van der Waals surface area contributed by atoms with E-state index in [1.165, 1.54) is 6.07 Å². The maximum atomic E-state index is 10.8. The number of aromatic carboxylic acids is 1. The second kappa shape index (κ2) is 5.24. The minimum atomic E-state index is -1.15. The van der Waals surface area contributed by atoms with Gasteiger partial charge in [-0.3, -0.25) is 0 Å². The maximum absolute atomic E-state index is 10.8. The second-order valence-electron chi connectivity index (χ2n) is 4.29. The van der Waals surface area contributed by atoms with Gasteiger partial charge in [0.05, 0.1) is 14.2 Å². The first-order valence-electron chi connectivity index (χ1n) is 5.92. The molecule has 1 N–H and O–H groups in total. The number of benzene rings is 1. The van der Waals surface area contributed by atoms with Crippen LogP contribution in [0.2, 0.25) is 0 Å². The van der Waals surface area contributed by atoms with Crippen molar-refractivity contribution in [2.24, 2.45) is 0 Å². The van der Waals surface area contributed by atoms with Gasteiger partial charge in [0.1, 0.15) is 5.69 Å². The summed E-state index contributed by atoms with van der Waals surface area (Å²) in [5.41, 5.74) is 3.02. The highest BCUT2D eigenvalue weighted by molar-refractivity contribution is 5.86. The second-order valence-corrected chi connectivity index (χ2v) is 4.29. The molecule has 0 atom stereocenters. The van der Waals surface area contributed by atoms with E-state index >= 15 is 0 Å². The first-order valence-corrected chi connectivity index (χ1v) is 5.92. The van der Waals surface area contributed by atoms with Gasteiger partial charge in [0.2, 0.25) is 5.76 Å². The molecule has 1 aromatic heterocycles. The molecule has 0 aliphatic heterocycles. The fourth-order valence-corrected chi connectivity index (χ4v) is 2.04. The van der Waals surface area contributed by atoms with Crippen LogP contribution in [0.3, 0.4) is 0 Å². The van der Waals surface area contributed by atoms with Crippen LogP contribution in [0.1, 0.15) is 21.7 Å². The van der Waals surface area contributed by atoms with Crippen molar-refractivity contribution in [1.82, 2.24) is 5.16 Å². The third kappa shape index (κ3) is 2.20. The molecular weight excluding hydrogens is 262 g/mol. The monoisotopic (exact) mass is 277 g/mol. The first-order chi connectivity index (χ1) is 9.49. The summed E-state index contributed by atoms with van der Waals surface area (Å²) >= 11 is 0. The van der Waals surface area contributed by atoms with Gasteiger partial charge in [0, 0.05) is 11.6 Å². The van der Waals surface area contributed by atoms with Crippen molar-refractivity contribution in [3.8, 4) is 22.8 Å². The molecular formula is C14H15NO5. The van der Waals surface area contributed by atoms with Crippen LogP contribution >= 0.6 is 0 Å². The summed E-state index contributed by atoms with van der Waals surface area (Å²) in [6.07, 6.45) is 0. The SMILES string of the molecule is COc1cc(-c2cc(C(=O)O)on2)c(C)c(C)c1OC. The Hall–Kier alpha value is -2.50. The number of ether oxygens (including phenoxy) is 2. The summed E-state index contributed by atoms with van der Waals surface area (Å²) in [7, 11) is 3.12. The van der Waals surface area contributed by atoms with Crippen molar-refractivity contribution in [2.75, 3.05) is 14.2 Å². The Kier molecular flexibility index (Phi) is 3.65. The Morgan fingerprint density at radius 3 is 2.40 bits per heavy atom. The van der Waals surface area contributed by atoms with Crippen LogP contribution in [0, 0.1) is 13.8 Å². The van der Waals surface area contributed by atoms with Crippen molar-refractivity contribution in [2.45, 2.75) is 13.8 Å². The largest absolute Gasteiger partial charge is 0.493 e. The molecule has 0 spiro atoms. The van der Waals surface area contributed by atoms with E-state index in [0.717, 1.165) is 16.7 Å². The van der Waals surface area contributed by atoms with Gasteiger partial charge >= 0.3 is 5.97 Å². The zero-order chi connectivity index (χ0) is 14.9. The molecule has 0 fully saturated rings. The summed E-state index contributed by atoms with van der Waals surface area (Å²) in [5.74, 6) is -0.147. The number of carbonyl (C=O) groups is 1.